The SMILES string of the molecule is COc1ccc(C(O[C@@H]2[C@@H](COP(=O)(O)O)OC(n3cnc4c(=O)[nH]c(N)nc43)[C@@H]2O[Si](C)(C)C(C)(C)C)(c2ccccc2)c2ccccc2)cc1. The van der Waals surface area contributed by atoms with Gasteiger partial charge in [0.05, 0.1) is 20.0 Å². The van der Waals surface area contributed by atoms with Gasteiger partial charge in [-0.1, -0.05) is 93.6 Å². The van der Waals surface area contributed by atoms with E-state index in [4.69, 9.17) is 28.9 Å². The van der Waals surface area contributed by atoms with Crippen LogP contribution >= 0.6 is 7.82 Å². The number of benzene rings is 3. The van der Waals surface area contributed by atoms with E-state index in [0.29, 0.717) is 5.75 Å². The molecular formula is C36H44N5O9PSi. The predicted octanol–water partition coefficient (Wildman–Crippen LogP) is 5.48. The number of hydrogen-bond donors (Lipinski definition) is 4. The van der Waals surface area contributed by atoms with Crippen LogP contribution in [0, 0.1) is 0 Å². The van der Waals surface area contributed by atoms with E-state index in [1.807, 2.05) is 84.9 Å². The van der Waals surface area contributed by atoms with Gasteiger partial charge in [0.1, 0.15) is 29.7 Å². The molecular weight excluding hydrogens is 705 g/mol. The van der Waals surface area contributed by atoms with Gasteiger partial charge < -0.3 is 34.2 Å². The second kappa shape index (κ2) is 14.3. The summed E-state index contributed by atoms with van der Waals surface area (Å²) in [5, 5.41) is -0.286. The van der Waals surface area contributed by atoms with Gasteiger partial charge in [0.25, 0.3) is 5.56 Å². The van der Waals surface area contributed by atoms with Crippen LogP contribution in [-0.4, -0.2) is 69.7 Å². The average molecular weight is 750 g/mol. The third-order valence-electron chi connectivity index (χ3n) is 9.82. The topological polar surface area (TPSA) is 193 Å². The number of fused-ring (bicyclic) bond motifs is 1. The number of rotatable bonds is 12. The van der Waals surface area contributed by atoms with Crippen LogP contribution in [-0.2, 0) is 28.6 Å². The number of anilines is 1. The summed E-state index contributed by atoms with van der Waals surface area (Å²) in [4.78, 5) is 43.8. The molecule has 5 aromatic rings. The van der Waals surface area contributed by atoms with Gasteiger partial charge in [0.15, 0.2) is 25.7 Å². The smallest absolute Gasteiger partial charge is 0.469 e. The molecule has 0 amide bonds. The van der Waals surface area contributed by atoms with Crippen LogP contribution in [0.15, 0.2) is 96.1 Å². The summed E-state index contributed by atoms with van der Waals surface area (Å²) in [6.07, 6.45) is -2.76. The maximum Gasteiger partial charge on any atom is 0.469 e. The van der Waals surface area contributed by atoms with Gasteiger partial charge in [-0.15, -0.1) is 0 Å². The Morgan fingerprint density at radius 2 is 1.52 bits per heavy atom. The third-order valence-corrected chi connectivity index (χ3v) is 14.8. The first kappa shape index (κ1) is 37.6. The van der Waals surface area contributed by atoms with E-state index in [0.717, 1.165) is 16.7 Å². The van der Waals surface area contributed by atoms with E-state index in [2.05, 4.69) is 48.8 Å². The van der Waals surface area contributed by atoms with Crippen molar-refractivity contribution >= 4 is 33.3 Å². The largest absolute Gasteiger partial charge is 0.497 e. The number of hydrogen-bond acceptors (Lipinski definition) is 10. The molecule has 0 radical (unpaired) electrons. The van der Waals surface area contributed by atoms with Crippen LogP contribution < -0.4 is 16.0 Å². The molecule has 1 saturated heterocycles. The van der Waals surface area contributed by atoms with E-state index in [1.165, 1.54) is 6.33 Å². The van der Waals surface area contributed by atoms with Gasteiger partial charge in [-0.3, -0.25) is 18.9 Å². The minimum Gasteiger partial charge on any atom is -0.497 e. The van der Waals surface area contributed by atoms with Crippen molar-refractivity contribution in [3.8, 4) is 5.75 Å². The fourth-order valence-electron chi connectivity index (χ4n) is 6.23. The van der Waals surface area contributed by atoms with Crippen LogP contribution in [0.4, 0.5) is 5.95 Å². The molecule has 276 valence electrons. The Hall–Kier alpha value is -4.18. The number of nitrogens with zero attached hydrogens (tertiary/aromatic N) is 3. The monoisotopic (exact) mass is 749 g/mol. The zero-order valence-electron chi connectivity index (χ0n) is 29.8. The highest BCUT2D eigenvalue weighted by molar-refractivity contribution is 7.46. The van der Waals surface area contributed by atoms with Crippen molar-refractivity contribution in [3.05, 3.63) is 118 Å². The molecule has 0 aliphatic carbocycles. The highest BCUT2D eigenvalue weighted by Crippen LogP contribution is 2.49. The molecule has 4 atom stereocenters. The van der Waals surface area contributed by atoms with Crippen LogP contribution in [0.1, 0.15) is 43.7 Å². The van der Waals surface area contributed by atoms with Crippen LogP contribution in [0.2, 0.25) is 18.1 Å². The molecule has 0 bridgehead atoms. The number of aromatic amines is 1. The van der Waals surface area contributed by atoms with E-state index in [1.54, 1.807) is 11.7 Å². The number of H-pyrrole nitrogens is 1. The van der Waals surface area contributed by atoms with Gasteiger partial charge in [0.2, 0.25) is 5.95 Å². The van der Waals surface area contributed by atoms with Gasteiger partial charge in [-0.05, 0) is 47.0 Å². The molecule has 2 aromatic heterocycles. The molecule has 1 fully saturated rings. The Morgan fingerprint density at radius 3 is 2.06 bits per heavy atom. The van der Waals surface area contributed by atoms with Crippen LogP contribution in [0.3, 0.4) is 0 Å². The molecule has 52 heavy (non-hydrogen) atoms. The van der Waals surface area contributed by atoms with E-state index in [9.17, 15) is 19.1 Å². The summed E-state index contributed by atoms with van der Waals surface area (Å²) in [6.45, 7) is 9.89. The second-order valence-corrected chi connectivity index (χ2v) is 20.2. The van der Waals surface area contributed by atoms with E-state index in [-0.39, 0.29) is 22.2 Å². The molecule has 0 saturated carbocycles. The minimum atomic E-state index is -4.97. The lowest BCUT2D eigenvalue weighted by molar-refractivity contribution is -0.109. The quantitative estimate of drug-likeness (QED) is 0.0714. The second-order valence-electron chi connectivity index (χ2n) is 14.2. The zero-order chi connectivity index (χ0) is 37.5. The molecule has 16 heteroatoms. The fourth-order valence-corrected chi connectivity index (χ4v) is 7.86. The maximum absolute atomic E-state index is 12.9. The number of phosphoric acid groups is 1. The van der Waals surface area contributed by atoms with Crippen molar-refractivity contribution in [1.29, 1.82) is 0 Å². The number of aromatic nitrogens is 4. The van der Waals surface area contributed by atoms with Crippen LogP contribution in [0.25, 0.3) is 11.2 Å². The molecule has 1 aliphatic heterocycles. The Bertz CT molecular complexity index is 2060. The normalized spacial score (nSPS) is 20.0. The van der Waals surface area contributed by atoms with Gasteiger partial charge in [-0.25, -0.2) is 9.55 Å². The molecule has 1 aliphatic rings. The number of imidazole rings is 1. The molecule has 14 nitrogen and oxygen atoms in total. The van der Waals surface area contributed by atoms with Crippen molar-refractivity contribution in [3.63, 3.8) is 0 Å². The number of ether oxygens (including phenoxy) is 3. The number of nitrogens with two attached hydrogens (primary N) is 1. The van der Waals surface area contributed by atoms with E-state index >= 15 is 0 Å². The van der Waals surface area contributed by atoms with Crippen molar-refractivity contribution in [1.82, 2.24) is 19.5 Å². The van der Waals surface area contributed by atoms with Crippen molar-refractivity contribution in [2.75, 3.05) is 19.5 Å². The Kier molecular flexibility index (Phi) is 10.4. The lowest BCUT2D eigenvalue weighted by Crippen LogP contribution is -2.52. The summed E-state index contributed by atoms with van der Waals surface area (Å²) in [6, 6.07) is 26.8. The fraction of sp³-hybridized carbons (Fsp3) is 0.361. The Balaban J connectivity index is 1.61. The minimum absolute atomic E-state index is 0.0254. The number of nitrogen functional groups attached to an aromatic ring is 1. The highest BCUT2D eigenvalue weighted by atomic mass is 31.2. The molecule has 5 N–H and O–H groups in total. The summed E-state index contributed by atoms with van der Waals surface area (Å²) >= 11 is 0. The van der Waals surface area contributed by atoms with Crippen molar-refractivity contribution < 1.29 is 37.5 Å². The standard InChI is InChI=1S/C36H44N5O9PSi/c1-35(2,3)52(5,6)50-30-29(27(21-47-51(43,44)45)48-33(30)41-22-38-28-31(41)39-34(37)40-32(28)42)49-36(23-13-9-7-10-14-23,24-15-11-8-12-16-24)25-17-19-26(46-4)20-18-25/h7-20,22,27,29-30,33H,21H2,1-6H3,(H2,43,44,45)(H3,37,39,40,42)/t27-,29-,30-,33?/m1/s1. The molecule has 3 aromatic carbocycles. The summed E-state index contributed by atoms with van der Waals surface area (Å²) in [5.41, 5.74) is 6.55. The molecule has 6 rings (SSSR count). The highest BCUT2D eigenvalue weighted by Gasteiger charge is 2.55. The molecule has 0 spiro atoms. The summed E-state index contributed by atoms with van der Waals surface area (Å²) in [7, 11) is -6.07. The van der Waals surface area contributed by atoms with Crippen LogP contribution in [0.5, 0.6) is 5.75 Å². The predicted molar refractivity (Wildman–Crippen MR) is 197 cm³/mol. The molecule has 1 unspecified atom stereocenters. The van der Waals surface area contributed by atoms with Gasteiger partial charge in [-0.2, -0.15) is 4.98 Å². The average Bonchev–Trinajstić information content (AvgIpc) is 3.66. The third kappa shape index (κ3) is 7.36. The van der Waals surface area contributed by atoms with Gasteiger partial charge >= 0.3 is 7.82 Å². The lowest BCUT2D eigenvalue weighted by Gasteiger charge is -2.44. The lowest BCUT2D eigenvalue weighted by atomic mass is 9.79. The number of methoxy groups -OCH3 is 1. The van der Waals surface area contributed by atoms with E-state index < -0.39 is 58.4 Å². The van der Waals surface area contributed by atoms with Crippen molar-refractivity contribution in [2.45, 2.75) is 69.0 Å². The Labute approximate surface area is 302 Å². The number of phosphoric ester groups is 1. The van der Waals surface area contributed by atoms with Gasteiger partial charge in [0, 0.05) is 0 Å². The summed E-state index contributed by atoms with van der Waals surface area (Å²) < 4.78 is 45.7. The molecule has 3 heterocycles. The number of nitrogens with one attached hydrogen (secondary N) is 1. The Morgan fingerprint density at radius 1 is 0.942 bits per heavy atom. The zero-order valence-corrected chi connectivity index (χ0v) is 31.7. The first-order valence-electron chi connectivity index (χ1n) is 16.7. The van der Waals surface area contributed by atoms with Crippen molar-refractivity contribution in [2.24, 2.45) is 0 Å². The first-order valence-corrected chi connectivity index (χ1v) is 21.2. The maximum atomic E-state index is 12.9. The first-order chi connectivity index (χ1) is 24.5. The summed E-state index contributed by atoms with van der Waals surface area (Å²) in [5.74, 6) is 0.517.